The summed E-state index contributed by atoms with van der Waals surface area (Å²) in [5.41, 5.74) is 1.55. The number of aryl methyl sites for hydroxylation is 1. The molecule has 0 aliphatic heterocycles. The Morgan fingerprint density at radius 3 is 2.14 bits per heavy atom. The molecule has 150 valence electrons. The lowest BCUT2D eigenvalue weighted by atomic mass is 10.1. The summed E-state index contributed by atoms with van der Waals surface area (Å²) in [6.07, 6.45) is -1.02. The summed E-state index contributed by atoms with van der Waals surface area (Å²) in [6, 6.07) is 12.5. The molecular formula is C20H24N2O5S. The Morgan fingerprint density at radius 2 is 1.57 bits per heavy atom. The smallest absolute Gasteiger partial charge is 0.339 e. The second-order valence-electron chi connectivity index (χ2n) is 6.65. The van der Waals surface area contributed by atoms with Crippen molar-refractivity contribution in [1.29, 1.82) is 0 Å². The maximum absolute atomic E-state index is 12.3. The van der Waals surface area contributed by atoms with E-state index in [9.17, 15) is 18.0 Å². The first kappa shape index (κ1) is 21.6. The van der Waals surface area contributed by atoms with Gasteiger partial charge in [0, 0.05) is 11.7 Å². The standard InChI is InChI=1S/C20H24N2O5S/c1-13(2)22-28(25,26)17-11-9-16(10-12-17)21-19(23)15(4)27-20(24)18-8-6-5-7-14(18)3/h5-13,15,22H,1-4H3,(H,21,23)/t15-/m0/s1. The molecule has 0 radical (unpaired) electrons. The summed E-state index contributed by atoms with van der Waals surface area (Å²) >= 11 is 0. The average Bonchev–Trinajstić information content (AvgIpc) is 2.61. The highest BCUT2D eigenvalue weighted by atomic mass is 32.2. The molecule has 0 unspecified atom stereocenters. The Bertz CT molecular complexity index is 953. The van der Waals surface area contributed by atoms with Gasteiger partial charge in [0.05, 0.1) is 10.5 Å². The Morgan fingerprint density at radius 1 is 0.964 bits per heavy atom. The van der Waals surface area contributed by atoms with Crippen LogP contribution in [0.5, 0.6) is 0 Å². The van der Waals surface area contributed by atoms with E-state index in [4.69, 9.17) is 4.74 Å². The summed E-state index contributed by atoms with van der Waals surface area (Å²) in [4.78, 5) is 24.6. The molecule has 1 amide bonds. The third kappa shape index (κ3) is 5.64. The zero-order chi connectivity index (χ0) is 20.9. The van der Waals surface area contributed by atoms with Crippen LogP contribution in [0.4, 0.5) is 5.69 Å². The van der Waals surface area contributed by atoms with E-state index in [1.54, 1.807) is 39.0 Å². The topological polar surface area (TPSA) is 102 Å². The molecule has 8 heteroatoms. The summed E-state index contributed by atoms with van der Waals surface area (Å²) in [6.45, 7) is 6.71. The number of ether oxygens (including phenoxy) is 1. The lowest BCUT2D eigenvalue weighted by molar-refractivity contribution is -0.123. The van der Waals surface area contributed by atoms with Gasteiger partial charge in [-0.2, -0.15) is 0 Å². The summed E-state index contributed by atoms with van der Waals surface area (Å²) in [5, 5.41) is 2.60. The largest absolute Gasteiger partial charge is 0.449 e. The first-order chi connectivity index (χ1) is 13.1. The van der Waals surface area contributed by atoms with Crippen molar-refractivity contribution in [2.24, 2.45) is 0 Å². The minimum atomic E-state index is -3.60. The molecule has 0 heterocycles. The van der Waals surface area contributed by atoms with Crippen molar-refractivity contribution in [2.45, 2.75) is 44.7 Å². The fourth-order valence-corrected chi connectivity index (χ4v) is 3.67. The molecule has 0 fully saturated rings. The molecule has 0 aromatic heterocycles. The van der Waals surface area contributed by atoms with E-state index in [1.807, 2.05) is 6.07 Å². The third-order valence-electron chi connectivity index (χ3n) is 3.84. The van der Waals surface area contributed by atoms with Gasteiger partial charge in [0.2, 0.25) is 10.0 Å². The number of carbonyl (C=O) groups is 2. The van der Waals surface area contributed by atoms with Crippen LogP contribution >= 0.6 is 0 Å². The molecule has 0 saturated heterocycles. The Balaban J connectivity index is 2.00. The van der Waals surface area contributed by atoms with Crippen LogP contribution in [0, 0.1) is 6.92 Å². The van der Waals surface area contributed by atoms with Crippen LogP contribution < -0.4 is 10.0 Å². The van der Waals surface area contributed by atoms with Gasteiger partial charge in [0.25, 0.3) is 5.91 Å². The predicted molar refractivity (Wildman–Crippen MR) is 107 cm³/mol. The highest BCUT2D eigenvalue weighted by molar-refractivity contribution is 7.89. The molecule has 7 nitrogen and oxygen atoms in total. The Hall–Kier alpha value is -2.71. The fraction of sp³-hybridized carbons (Fsp3) is 0.300. The van der Waals surface area contributed by atoms with Crippen LogP contribution in [-0.2, 0) is 19.6 Å². The quantitative estimate of drug-likeness (QED) is 0.691. The van der Waals surface area contributed by atoms with Gasteiger partial charge in [-0.15, -0.1) is 0 Å². The van der Waals surface area contributed by atoms with E-state index in [-0.39, 0.29) is 10.9 Å². The lowest BCUT2D eigenvalue weighted by Gasteiger charge is -2.15. The first-order valence-electron chi connectivity index (χ1n) is 8.80. The number of esters is 1. The lowest BCUT2D eigenvalue weighted by Crippen LogP contribution is -2.31. The number of benzene rings is 2. The highest BCUT2D eigenvalue weighted by Crippen LogP contribution is 2.16. The molecule has 0 aliphatic carbocycles. The maximum Gasteiger partial charge on any atom is 0.339 e. The van der Waals surface area contributed by atoms with E-state index >= 15 is 0 Å². The second kappa shape index (κ2) is 8.99. The first-order valence-corrected chi connectivity index (χ1v) is 10.3. The van der Waals surface area contributed by atoms with Crippen LogP contribution in [0.1, 0.15) is 36.7 Å². The Labute approximate surface area is 165 Å². The molecule has 0 saturated carbocycles. The SMILES string of the molecule is Cc1ccccc1C(=O)O[C@@H](C)C(=O)Nc1ccc(S(=O)(=O)NC(C)C)cc1. The molecule has 2 aromatic carbocycles. The number of hydrogen-bond acceptors (Lipinski definition) is 5. The van der Waals surface area contributed by atoms with E-state index in [1.165, 1.54) is 31.2 Å². The molecule has 0 bridgehead atoms. The predicted octanol–water partition coefficient (Wildman–Crippen LogP) is 2.87. The van der Waals surface area contributed by atoms with Gasteiger partial charge < -0.3 is 10.1 Å². The zero-order valence-corrected chi connectivity index (χ0v) is 17.0. The minimum Gasteiger partial charge on any atom is -0.449 e. The van der Waals surface area contributed by atoms with Gasteiger partial charge in [-0.1, -0.05) is 18.2 Å². The number of sulfonamides is 1. The van der Waals surface area contributed by atoms with Crippen LogP contribution in [0.3, 0.4) is 0 Å². The van der Waals surface area contributed by atoms with Gasteiger partial charge >= 0.3 is 5.97 Å². The highest BCUT2D eigenvalue weighted by Gasteiger charge is 2.20. The van der Waals surface area contributed by atoms with E-state index in [0.717, 1.165) is 5.56 Å². The second-order valence-corrected chi connectivity index (χ2v) is 8.37. The van der Waals surface area contributed by atoms with E-state index in [2.05, 4.69) is 10.0 Å². The molecule has 0 aliphatic rings. The van der Waals surface area contributed by atoms with Crippen molar-refractivity contribution >= 4 is 27.6 Å². The van der Waals surface area contributed by atoms with Crippen molar-refractivity contribution < 1.29 is 22.7 Å². The molecule has 28 heavy (non-hydrogen) atoms. The van der Waals surface area contributed by atoms with Gasteiger partial charge in [0.1, 0.15) is 0 Å². The molecule has 2 N–H and O–H groups in total. The van der Waals surface area contributed by atoms with Gasteiger partial charge in [-0.3, -0.25) is 4.79 Å². The number of anilines is 1. The van der Waals surface area contributed by atoms with Gasteiger partial charge in [-0.05, 0) is 63.6 Å². The molecule has 2 rings (SSSR count). The molecule has 2 aromatic rings. The molecular weight excluding hydrogens is 380 g/mol. The van der Waals surface area contributed by atoms with Crippen molar-refractivity contribution in [3.63, 3.8) is 0 Å². The average molecular weight is 404 g/mol. The van der Waals surface area contributed by atoms with Crippen LogP contribution in [0.25, 0.3) is 0 Å². The minimum absolute atomic E-state index is 0.0956. The van der Waals surface area contributed by atoms with Crippen LogP contribution in [0.15, 0.2) is 53.4 Å². The summed E-state index contributed by atoms with van der Waals surface area (Å²) in [5.74, 6) is -1.10. The zero-order valence-electron chi connectivity index (χ0n) is 16.2. The molecule has 1 atom stereocenters. The monoisotopic (exact) mass is 404 g/mol. The van der Waals surface area contributed by atoms with Gasteiger partial charge in [-0.25, -0.2) is 17.9 Å². The van der Waals surface area contributed by atoms with Crippen molar-refractivity contribution in [2.75, 3.05) is 5.32 Å². The van der Waals surface area contributed by atoms with Gasteiger partial charge in [0.15, 0.2) is 6.10 Å². The summed E-state index contributed by atoms with van der Waals surface area (Å²) < 4.78 is 31.9. The number of nitrogens with one attached hydrogen (secondary N) is 2. The van der Waals surface area contributed by atoms with Crippen LogP contribution in [0.2, 0.25) is 0 Å². The normalized spacial score (nSPS) is 12.5. The molecule has 0 spiro atoms. The number of rotatable bonds is 7. The number of carbonyl (C=O) groups excluding carboxylic acids is 2. The van der Waals surface area contributed by atoms with Crippen LogP contribution in [-0.4, -0.2) is 32.4 Å². The van der Waals surface area contributed by atoms with Crippen molar-refractivity contribution in [3.8, 4) is 0 Å². The fourth-order valence-electron chi connectivity index (χ4n) is 2.42. The van der Waals surface area contributed by atoms with Crippen molar-refractivity contribution in [3.05, 3.63) is 59.7 Å². The Kier molecular flexibility index (Phi) is 6.93. The number of hydrogen-bond donors (Lipinski definition) is 2. The van der Waals surface area contributed by atoms with E-state index < -0.39 is 28.0 Å². The van der Waals surface area contributed by atoms with E-state index in [0.29, 0.717) is 11.3 Å². The van der Waals surface area contributed by atoms with Crippen molar-refractivity contribution in [1.82, 2.24) is 4.72 Å². The number of amides is 1. The maximum atomic E-state index is 12.3. The summed E-state index contributed by atoms with van der Waals surface area (Å²) in [7, 11) is -3.60. The third-order valence-corrected chi connectivity index (χ3v) is 5.52.